The summed E-state index contributed by atoms with van der Waals surface area (Å²) in [7, 11) is -5.16. The van der Waals surface area contributed by atoms with Crippen molar-refractivity contribution in [1.29, 1.82) is 0 Å². The highest BCUT2D eigenvalue weighted by Crippen LogP contribution is 2.47. The predicted molar refractivity (Wildman–Crippen MR) is 183 cm³/mol. The molecule has 1 aliphatic carbocycles. The second kappa shape index (κ2) is 15.9. The van der Waals surface area contributed by atoms with Crippen molar-refractivity contribution in [2.45, 2.75) is 56.3 Å². The highest BCUT2D eigenvalue weighted by Gasteiger charge is 2.49. The minimum absolute atomic E-state index is 0. The number of hydrogen-bond donors (Lipinski definition) is 3. The summed E-state index contributed by atoms with van der Waals surface area (Å²) in [5.41, 5.74) is 4.60. The first-order chi connectivity index (χ1) is 22.3. The highest BCUT2D eigenvalue weighted by molar-refractivity contribution is 7.88. The number of amides is 3. The molecule has 12 nitrogen and oxygen atoms in total. The lowest BCUT2D eigenvalue weighted by Gasteiger charge is -2.49. The summed E-state index contributed by atoms with van der Waals surface area (Å²) in [5, 5.41) is 0.609. The van der Waals surface area contributed by atoms with E-state index in [1.165, 1.54) is 12.3 Å². The molecular formula is C32H36Cl2N4O8S2. The van der Waals surface area contributed by atoms with Crippen LogP contribution in [0.25, 0.3) is 0 Å². The van der Waals surface area contributed by atoms with Crippen LogP contribution in [0.1, 0.15) is 75.0 Å². The second-order valence-electron chi connectivity index (χ2n) is 11.6. The Labute approximate surface area is 291 Å². The largest absolute Gasteiger partial charge is 0.412 e. The van der Waals surface area contributed by atoms with Gasteiger partial charge in [-0.2, -0.15) is 0 Å². The number of fused-ring (bicyclic) bond motifs is 1. The number of nitrogens with zero attached hydrogens (tertiary/aromatic N) is 1. The molecule has 3 aromatic rings. The van der Waals surface area contributed by atoms with E-state index < -0.39 is 56.9 Å². The Bertz CT molecular complexity index is 1830. The molecule has 1 heterocycles. The van der Waals surface area contributed by atoms with Crippen LogP contribution in [0.2, 0.25) is 10.0 Å². The lowest BCUT2D eigenvalue weighted by Crippen LogP contribution is -2.59. The first-order valence-electron chi connectivity index (χ1n) is 14.8. The Morgan fingerprint density at radius 1 is 1.00 bits per heavy atom. The molecule has 0 saturated heterocycles. The average Bonchev–Trinajstić information content (AvgIpc) is 3.01. The fourth-order valence-corrected chi connectivity index (χ4v) is 8.10. The van der Waals surface area contributed by atoms with Gasteiger partial charge in [-0.15, -0.1) is 0 Å². The maximum Gasteiger partial charge on any atom is 0.262 e. The molecule has 3 aromatic carbocycles. The van der Waals surface area contributed by atoms with E-state index in [1.54, 1.807) is 65.6 Å². The van der Waals surface area contributed by atoms with Crippen LogP contribution >= 0.6 is 23.2 Å². The Morgan fingerprint density at radius 2 is 1.73 bits per heavy atom. The molecule has 3 amide bonds. The molecule has 0 bridgehead atoms. The Morgan fingerprint density at radius 3 is 2.44 bits per heavy atom. The van der Waals surface area contributed by atoms with Gasteiger partial charge in [0.2, 0.25) is 10.0 Å². The first-order valence-corrected chi connectivity index (χ1v) is 19.0. The quantitative estimate of drug-likeness (QED) is 0.266. The van der Waals surface area contributed by atoms with Gasteiger partial charge in [0.1, 0.15) is 11.0 Å². The summed E-state index contributed by atoms with van der Waals surface area (Å²) in [6, 6.07) is 16.0. The molecule has 258 valence electrons. The van der Waals surface area contributed by atoms with Crippen LogP contribution in [-0.2, 0) is 37.2 Å². The summed E-state index contributed by atoms with van der Waals surface area (Å²) in [5.74, 6) is -2.45. The molecule has 1 aliphatic heterocycles. The van der Waals surface area contributed by atoms with E-state index in [0.717, 1.165) is 19.1 Å². The number of halogens is 2. The molecule has 0 radical (unpaired) electrons. The summed E-state index contributed by atoms with van der Waals surface area (Å²) in [6.07, 6.45) is 4.97. The molecule has 0 spiro atoms. The van der Waals surface area contributed by atoms with E-state index in [2.05, 4.69) is 14.9 Å². The summed E-state index contributed by atoms with van der Waals surface area (Å²) < 4.78 is 41.3. The molecule has 1 fully saturated rings. The lowest BCUT2D eigenvalue weighted by molar-refractivity contribution is -0.138. The number of hydroxylamine groups is 1. The number of carbonyl (C=O) groups is 3. The zero-order valence-electron chi connectivity index (χ0n) is 26.1. The first kappa shape index (κ1) is 37.4. The minimum atomic E-state index is -3.62. The third kappa shape index (κ3) is 8.61. The molecular weight excluding hydrogens is 703 g/mol. The maximum absolute atomic E-state index is 14.4. The lowest BCUT2D eigenvalue weighted by atomic mass is 9.76. The van der Waals surface area contributed by atoms with Gasteiger partial charge in [0.05, 0.1) is 24.8 Å². The maximum atomic E-state index is 14.4. The molecule has 5 rings (SSSR count). The fraction of sp³-hybridized carbons (Fsp3) is 0.344. The van der Waals surface area contributed by atoms with Gasteiger partial charge in [-0.25, -0.2) is 22.8 Å². The van der Waals surface area contributed by atoms with Crippen molar-refractivity contribution in [1.82, 2.24) is 19.8 Å². The minimum Gasteiger partial charge on any atom is -0.412 e. The van der Waals surface area contributed by atoms with E-state index in [0.29, 0.717) is 40.1 Å². The van der Waals surface area contributed by atoms with Crippen molar-refractivity contribution in [3.63, 3.8) is 0 Å². The van der Waals surface area contributed by atoms with Gasteiger partial charge in [-0.1, -0.05) is 72.4 Å². The van der Waals surface area contributed by atoms with Gasteiger partial charge in [0, 0.05) is 39.5 Å². The molecule has 48 heavy (non-hydrogen) atoms. The van der Waals surface area contributed by atoms with Gasteiger partial charge in [0.15, 0.2) is 0 Å². The normalized spacial score (nSPS) is 21.4. The molecule has 5 atom stereocenters. The van der Waals surface area contributed by atoms with Crippen LogP contribution in [-0.4, -0.2) is 65.3 Å². The van der Waals surface area contributed by atoms with Gasteiger partial charge >= 0.3 is 0 Å². The Kier molecular flexibility index (Phi) is 12.4. The summed E-state index contributed by atoms with van der Waals surface area (Å²) in [6.45, 7) is -0.103. The molecule has 2 aliphatic rings. The van der Waals surface area contributed by atoms with Gasteiger partial charge in [-0.05, 0) is 59.9 Å². The van der Waals surface area contributed by atoms with Crippen LogP contribution in [0.15, 0.2) is 66.7 Å². The molecule has 0 aromatic heterocycles. The van der Waals surface area contributed by atoms with Crippen molar-refractivity contribution in [2.24, 2.45) is 0 Å². The number of rotatable bonds is 10. The SMILES string of the molecule is CS(=O)NC(=O)c1cccc(CONC(=O)[C@@H]2c3ccccc3C(=O)N([C@H]3CCCC[C@@H]3NS(C)(=O)=O)[C@H]2c2ccc(Cl)cc2Cl)c1.O. The van der Waals surface area contributed by atoms with Crippen molar-refractivity contribution < 1.29 is 37.3 Å². The third-order valence-corrected chi connectivity index (χ3v) is 10.00. The van der Waals surface area contributed by atoms with E-state index in [4.69, 9.17) is 28.0 Å². The monoisotopic (exact) mass is 738 g/mol. The molecule has 1 saturated carbocycles. The third-order valence-electron chi connectivity index (χ3n) is 8.23. The number of hydrogen-bond acceptors (Lipinski definition) is 7. The van der Waals surface area contributed by atoms with E-state index in [1.807, 2.05) is 0 Å². The van der Waals surface area contributed by atoms with Crippen molar-refractivity contribution in [2.75, 3.05) is 12.5 Å². The highest BCUT2D eigenvalue weighted by atomic mass is 35.5. The van der Waals surface area contributed by atoms with Crippen LogP contribution in [0.4, 0.5) is 0 Å². The molecule has 16 heteroatoms. The Hall–Kier alpha value is -3.37. The van der Waals surface area contributed by atoms with Crippen LogP contribution in [0.3, 0.4) is 0 Å². The van der Waals surface area contributed by atoms with Crippen molar-refractivity contribution >= 4 is 61.9 Å². The van der Waals surface area contributed by atoms with Crippen LogP contribution in [0, 0.1) is 0 Å². The van der Waals surface area contributed by atoms with Gasteiger partial charge in [0.25, 0.3) is 17.7 Å². The summed E-state index contributed by atoms with van der Waals surface area (Å²) >= 11 is 13.0. The number of benzene rings is 3. The van der Waals surface area contributed by atoms with E-state index in [9.17, 15) is 27.0 Å². The van der Waals surface area contributed by atoms with Gasteiger partial charge < -0.3 is 10.4 Å². The van der Waals surface area contributed by atoms with Crippen LogP contribution in [0.5, 0.6) is 0 Å². The molecule has 1 unspecified atom stereocenters. The zero-order valence-corrected chi connectivity index (χ0v) is 29.2. The fourth-order valence-electron chi connectivity index (χ4n) is 6.37. The van der Waals surface area contributed by atoms with Crippen LogP contribution < -0.4 is 14.9 Å². The average molecular weight is 740 g/mol. The van der Waals surface area contributed by atoms with Gasteiger partial charge in [-0.3, -0.25) is 23.9 Å². The smallest absolute Gasteiger partial charge is 0.262 e. The van der Waals surface area contributed by atoms with E-state index in [-0.39, 0.29) is 28.6 Å². The van der Waals surface area contributed by atoms with Crippen molar-refractivity contribution in [3.8, 4) is 0 Å². The second-order valence-corrected chi connectivity index (χ2v) is 15.3. The predicted octanol–water partition coefficient (Wildman–Crippen LogP) is 3.58. The summed E-state index contributed by atoms with van der Waals surface area (Å²) in [4.78, 5) is 48.1. The topological polar surface area (TPSA) is 182 Å². The zero-order chi connectivity index (χ0) is 33.9. The number of nitrogens with one attached hydrogen (secondary N) is 3. The standard InChI is InChI=1S/C32H34Cl2N4O7S2.H2O/c1-46(42)36-30(39)20-9-7-8-19(16-20)18-45-35-31(40)28-22-10-3-4-11-23(22)32(41)38(29(28)24-15-14-21(33)17-25(24)34)27-13-6-5-12-26(27)37-47(2,43)44;/h3-4,7-11,14-17,26-29,37H,5-6,12-13,18H2,1-2H3,(H,35,40)(H,36,39);1H2/t26-,27-,28+,29-,46?;/m0./s1. The number of sulfonamides is 1. The Balaban J connectivity index is 0.00000520. The van der Waals surface area contributed by atoms with E-state index >= 15 is 0 Å². The number of carbonyl (C=O) groups excluding carboxylic acids is 3. The van der Waals surface area contributed by atoms with Crippen molar-refractivity contribution in [3.05, 3.63) is 105 Å². The molecule has 5 N–H and O–H groups in total.